The van der Waals surface area contributed by atoms with Gasteiger partial charge in [-0.25, -0.2) is 0 Å². The van der Waals surface area contributed by atoms with Crippen molar-refractivity contribution in [2.75, 3.05) is 0 Å². The third-order valence-electron chi connectivity index (χ3n) is 2.91. The summed E-state index contributed by atoms with van der Waals surface area (Å²) in [5.74, 6) is 0. The fourth-order valence-corrected chi connectivity index (χ4v) is 3.22. The van der Waals surface area contributed by atoms with Gasteiger partial charge in [0.2, 0.25) is 0 Å². The van der Waals surface area contributed by atoms with Crippen LogP contribution < -0.4 is 0 Å². The number of piperidine rings is 1. The van der Waals surface area contributed by atoms with Crippen LogP contribution in [-0.2, 0) is 0 Å². The number of rotatable bonds is 0. The van der Waals surface area contributed by atoms with Crippen molar-refractivity contribution in [3.8, 4) is 0 Å². The Bertz CT molecular complexity index is 195. The van der Waals surface area contributed by atoms with E-state index in [2.05, 4.69) is 0 Å². The molecule has 2 atom stereocenters. The molecule has 0 aromatic rings. The lowest BCUT2D eigenvalue weighted by molar-refractivity contribution is 0.0621. The van der Waals surface area contributed by atoms with E-state index in [1.807, 2.05) is 27.5 Å². The molecular formula is C8H12INO2. The summed E-state index contributed by atoms with van der Waals surface area (Å²) in [5, 5.41) is 9.45. The smallest absolute Gasteiger partial charge is 0.283 e. The number of hydrogen-bond acceptors (Lipinski definition) is 2. The molecule has 0 aliphatic carbocycles. The van der Waals surface area contributed by atoms with E-state index in [4.69, 9.17) is 0 Å². The van der Waals surface area contributed by atoms with Crippen LogP contribution >= 0.6 is 22.6 Å². The van der Waals surface area contributed by atoms with E-state index in [1.54, 1.807) is 0 Å². The summed E-state index contributed by atoms with van der Waals surface area (Å²) in [4.78, 5) is 13.1. The SMILES string of the molecule is O=C(I)N1C2CCC1CC(O)C2. The van der Waals surface area contributed by atoms with Gasteiger partial charge in [0.1, 0.15) is 0 Å². The standard InChI is InChI=1S/C8H12INO2/c9-8(12)10-5-1-2-6(10)4-7(11)3-5/h5-7,11H,1-4H2. The Labute approximate surface area is 85.3 Å². The summed E-state index contributed by atoms with van der Waals surface area (Å²) in [5.41, 5.74) is 0. The number of amides is 1. The van der Waals surface area contributed by atoms with E-state index < -0.39 is 0 Å². The molecule has 0 radical (unpaired) electrons. The van der Waals surface area contributed by atoms with E-state index in [9.17, 15) is 9.90 Å². The lowest BCUT2D eigenvalue weighted by Gasteiger charge is -2.35. The molecule has 2 aliphatic rings. The Kier molecular flexibility index (Phi) is 2.29. The molecule has 1 N–H and O–H groups in total. The molecule has 2 fully saturated rings. The first-order chi connectivity index (χ1) is 5.68. The van der Waals surface area contributed by atoms with Crippen molar-refractivity contribution in [3.05, 3.63) is 0 Å². The number of aliphatic hydroxyl groups is 1. The minimum Gasteiger partial charge on any atom is -0.393 e. The third-order valence-corrected chi connectivity index (χ3v) is 3.47. The predicted octanol–water partition coefficient (Wildman–Crippen LogP) is 1.53. The average Bonchev–Trinajstić information content (AvgIpc) is 2.24. The Hall–Kier alpha value is 0.160. The minimum atomic E-state index is -0.172. The number of aliphatic hydroxyl groups excluding tert-OH is 1. The topological polar surface area (TPSA) is 40.5 Å². The van der Waals surface area contributed by atoms with Gasteiger partial charge in [0.05, 0.1) is 6.10 Å². The molecule has 12 heavy (non-hydrogen) atoms. The molecule has 4 heteroatoms. The van der Waals surface area contributed by atoms with Crippen LogP contribution in [0.25, 0.3) is 0 Å². The van der Waals surface area contributed by atoms with Gasteiger partial charge < -0.3 is 10.0 Å². The number of fused-ring (bicyclic) bond motifs is 2. The number of carbonyl (C=O) groups is 1. The maximum atomic E-state index is 11.2. The Morgan fingerprint density at radius 3 is 2.25 bits per heavy atom. The highest BCUT2D eigenvalue weighted by Gasteiger charge is 2.41. The zero-order valence-electron chi connectivity index (χ0n) is 6.74. The van der Waals surface area contributed by atoms with E-state index in [1.165, 1.54) is 0 Å². The Balaban J connectivity index is 2.14. The van der Waals surface area contributed by atoms with Crippen molar-refractivity contribution in [2.45, 2.75) is 43.9 Å². The Morgan fingerprint density at radius 2 is 1.83 bits per heavy atom. The second-order valence-electron chi connectivity index (χ2n) is 3.67. The van der Waals surface area contributed by atoms with Gasteiger partial charge in [-0.15, -0.1) is 0 Å². The van der Waals surface area contributed by atoms with E-state index >= 15 is 0 Å². The summed E-state index contributed by atoms with van der Waals surface area (Å²) in [7, 11) is 0. The molecule has 2 saturated heterocycles. The normalized spacial score (nSPS) is 40.2. The highest BCUT2D eigenvalue weighted by Crippen LogP contribution is 2.36. The van der Waals surface area contributed by atoms with Crippen molar-refractivity contribution in [1.29, 1.82) is 0 Å². The van der Waals surface area contributed by atoms with Crippen LogP contribution in [0.1, 0.15) is 25.7 Å². The van der Waals surface area contributed by atoms with Gasteiger partial charge >= 0.3 is 0 Å². The highest BCUT2D eigenvalue weighted by molar-refractivity contribution is 14.1. The maximum absolute atomic E-state index is 11.2. The summed E-state index contributed by atoms with van der Waals surface area (Å²) in [6.07, 6.45) is 3.55. The molecule has 2 rings (SSSR count). The summed E-state index contributed by atoms with van der Waals surface area (Å²) < 4.78 is 0.145. The lowest BCUT2D eigenvalue weighted by Crippen LogP contribution is -2.45. The van der Waals surface area contributed by atoms with Gasteiger partial charge in [0.25, 0.3) is 3.91 Å². The van der Waals surface area contributed by atoms with Crippen molar-refractivity contribution < 1.29 is 9.90 Å². The number of halogens is 1. The van der Waals surface area contributed by atoms with E-state index in [0.717, 1.165) is 25.7 Å². The molecule has 0 spiro atoms. The van der Waals surface area contributed by atoms with Gasteiger partial charge in [0, 0.05) is 34.7 Å². The third kappa shape index (κ3) is 1.35. The number of nitrogens with zero attached hydrogens (tertiary/aromatic N) is 1. The molecule has 2 bridgehead atoms. The quantitative estimate of drug-likeness (QED) is 0.415. The van der Waals surface area contributed by atoms with E-state index in [-0.39, 0.29) is 10.0 Å². The molecular weight excluding hydrogens is 269 g/mol. The first-order valence-corrected chi connectivity index (χ1v) is 5.42. The second kappa shape index (κ2) is 3.14. The minimum absolute atomic E-state index is 0.145. The van der Waals surface area contributed by atoms with Crippen LogP contribution in [-0.4, -0.2) is 32.1 Å². The van der Waals surface area contributed by atoms with Gasteiger partial charge in [-0.3, -0.25) is 4.79 Å². The van der Waals surface area contributed by atoms with Crippen molar-refractivity contribution >= 4 is 26.5 Å². The fraction of sp³-hybridized carbons (Fsp3) is 0.875. The molecule has 0 aromatic heterocycles. The van der Waals surface area contributed by atoms with Crippen molar-refractivity contribution in [2.24, 2.45) is 0 Å². The van der Waals surface area contributed by atoms with E-state index in [0.29, 0.717) is 12.1 Å². The van der Waals surface area contributed by atoms with Crippen LogP contribution in [0.2, 0.25) is 0 Å². The fourth-order valence-electron chi connectivity index (χ4n) is 2.44. The molecule has 2 unspecified atom stereocenters. The summed E-state index contributed by atoms with van der Waals surface area (Å²) in [6.45, 7) is 0. The summed E-state index contributed by atoms with van der Waals surface area (Å²) >= 11 is 1.84. The van der Waals surface area contributed by atoms with Crippen molar-refractivity contribution in [1.82, 2.24) is 4.90 Å². The largest absolute Gasteiger partial charge is 0.393 e. The molecule has 68 valence electrons. The number of carbonyl (C=O) groups excluding carboxylic acids is 1. The monoisotopic (exact) mass is 281 g/mol. The zero-order chi connectivity index (χ0) is 8.72. The van der Waals surface area contributed by atoms with Gasteiger partial charge in [-0.2, -0.15) is 0 Å². The van der Waals surface area contributed by atoms with Crippen LogP contribution in [0.3, 0.4) is 0 Å². The van der Waals surface area contributed by atoms with Crippen LogP contribution in [0.4, 0.5) is 4.79 Å². The van der Waals surface area contributed by atoms with Crippen LogP contribution in [0.15, 0.2) is 0 Å². The highest BCUT2D eigenvalue weighted by atomic mass is 127. The van der Waals surface area contributed by atoms with Crippen molar-refractivity contribution in [3.63, 3.8) is 0 Å². The second-order valence-corrected chi connectivity index (χ2v) is 4.59. The molecule has 2 heterocycles. The lowest BCUT2D eigenvalue weighted by atomic mass is 10.0. The molecule has 3 nitrogen and oxygen atoms in total. The molecule has 0 aromatic carbocycles. The van der Waals surface area contributed by atoms with Gasteiger partial charge in [-0.1, -0.05) is 0 Å². The maximum Gasteiger partial charge on any atom is 0.283 e. The first kappa shape index (κ1) is 8.74. The molecule has 2 aliphatic heterocycles. The zero-order valence-corrected chi connectivity index (χ0v) is 8.90. The summed E-state index contributed by atoms with van der Waals surface area (Å²) in [6, 6.07) is 0.645. The van der Waals surface area contributed by atoms with Crippen LogP contribution in [0, 0.1) is 0 Å². The number of hydrogen-bond donors (Lipinski definition) is 1. The Morgan fingerprint density at radius 1 is 1.33 bits per heavy atom. The van der Waals surface area contributed by atoms with Gasteiger partial charge in [0.15, 0.2) is 0 Å². The molecule has 1 amide bonds. The van der Waals surface area contributed by atoms with Crippen LogP contribution in [0.5, 0.6) is 0 Å². The first-order valence-electron chi connectivity index (χ1n) is 4.34. The predicted molar refractivity (Wildman–Crippen MR) is 53.3 cm³/mol. The van der Waals surface area contributed by atoms with Gasteiger partial charge in [-0.05, 0) is 25.7 Å². The molecule has 0 saturated carbocycles. The average molecular weight is 281 g/mol.